The van der Waals surface area contributed by atoms with E-state index >= 15 is 0 Å². The molecular formula is C22H28N4O2. The summed E-state index contributed by atoms with van der Waals surface area (Å²) in [7, 11) is 0. The number of rotatable bonds is 7. The molecule has 0 aromatic heterocycles. The first-order valence-corrected chi connectivity index (χ1v) is 9.93. The maximum Gasteiger partial charge on any atom is 0.319 e. The van der Waals surface area contributed by atoms with Crippen LogP contribution in [0.4, 0.5) is 16.2 Å². The molecule has 148 valence electrons. The van der Waals surface area contributed by atoms with E-state index < -0.39 is 0 Å². The van der Waals surface area contributed by atoms with Crippen LogP contribution >= 0.6 is 0 Å². The molecule has 3 amide bonds. The van der Waals surface area contributed by atoms with Crippen molar-refractivity contribution in [3.05, 3.63) is 59.7 Å². The van der Waals surface area contributed by atoms with Crippen molar-refractivity contribution in [2.24, 2.45) is 0 Å². The van der Waals surface area contributed by atoms with E-state index in [9.17, 15) is 9.59 Å². The summed E-state index contributed by atoms with van der Waals surface area (Å²) in [6, 6.07) is 15.0. The van der Waals surface area contributed by atoms with Gasteiger partial charge in [0.25, 0.3) is 5.91 Å². The number of hydrogen-bond donors (Lipinski definition) is 3. The molecule has 1 aliphatic heterocycles. The van der Waals surface area contributed by atoms with Crippen molar-refractivity contribution < 1.29 is 9.59 Å². The summed E-state index contributed by atoms with van der Waals surface area (Å²) in [5.74, 6) is -0.0999. The van der Waals surface area contributed by atoms with Crippen molar-refractivity contribution in [2.75, 3.05) is 29.9 Å². The zero-order valence-electron chi connectivity index (χ0n) is 16.3. The monoisotopic (exact) mass is 380 g/mol. The van der Waals surface area contributed by atoms with Crippen molar-refractivity contribution in [2.45, 2.75) is 32.7 Å². The van der Waals surface area contributed by atoms with Crippen LogP contribution in [0.5, 0.6) is 0 Å². The van der Waals surface area contributed by atoms with Crippen LogP contribution in [-0.4, -0.2) is 31.6 Å². The SMILES string of the molecule is CCCNC(=O)c1cc(NC(=O)NCc2ccccc2)ccc1N1CCCC1. The summed E-state index contributed by atoms with van der Waals surface area (Å²) in [6.45, 7) is 5.02. The lowest BCUT2D eigenvalue weighted by Crippen LogP contribution is -2.30. The van der Waals surface area contributed by atoms with Gasteiger partial charge in [0.1, 0.15) is 0 Å². The Morgan fingerprint density at radius 3 is 2.46 bits per heavy atom. The van der Waals surface area contributed by atoms with Crippen molar-refractivity contribution in [1.82, 2.24) is 10.6 Å². The van der Waals surface area contributed by atoms with E-state index in [-0.39, 0.29) is 11.9 Å². The topological polar surface area (TPSA) is 73.5 Å². The molecule has 28 heavy (non-hydrogen) atoms. The van der Waals surface area contributed by atoms with Crippen LogP contribution in [0.15, 0.2) is 48.5 Å². The highest BCUT2D eigenvalue weighted by molar-refractivity contribution is 6.02. The van der Waals surface area contributed by atoms with E-state index in [1.54, 1.807) is 6.07 Å². The third-order valence-corrected chi connectivity index (χ3v) is 4.78. The standard InChI is InChI=1S/C22H28N4O2/c1-2-12-23-21(27)19-15-18(10-11-20(19)26-13-6-7-14-26)25-22(28)24-16-17-8-4-3-5-9-17/h3-5,8-11,15H,2,6-7,12-14,16H2,1H3,(H,23,27)(H2,24,25,28). The Bertz CT molecular complexity index is 801. The highest BCUT2D eigenvalue weighted by Gasteiger charge is 2.20. The van der Waals surface area contributed by atoms with Crippen LogP contribution in [0.1, 0.15) is 42.1 Å². The largest absolute Gasteiger partial charge is 0.371 e. The Balaban J connectivity index is 1.70. The Hall–Kier alpha value is -3.02. The summed E-state index contributed by atoms with van der Waals surface area (Å²) in [5, 5.41) is 8.62. The number of hydrogen-bond acceptors (Lipinski definition) is 3. The molecule has 0 aliphatic carbocycles. The predicted molar refractivity (Wildman–Crippen MR) is 113 cm³/mol. The summed E-state index contributed by atoms with van der Waals surface area (Å²) < 4.78 is 0. The fourth-order valence-electron chi connectivity index (χ4n) is 3.32. The molecule has 3 rings (SSSR count). The normalized spacial score (nSPS) is 13.2. The lowest BCUT2D eigenvalue weighted by atomic mass is 10.1. The number of benzene rings is 2. The quantitative estimate of drug-likeness (QED) is 0.685. The third-order valence-electron chi connectivity index (χ3n) is 4.78. The molecule has 1 fully saturated rings. The maximum absolute atomic E-state index is 12.7. The first-order valence-electron chi connectivity index (χ1n) is 9.93. The van der Waals surface area contributed by atoms with Gasteiger partial charge in [-0.1, -0.05) is 37.3 Å². The average Bonchev–Trinajstić information content (AvgIpc) is 3.26. The van der Waals surface area contributed by atoms with E-state index in [4.69, 9.17) is 0 Å². The highest BCUT2D eigenvalue weighted by Crippen LogP contribution is 2.27. The number of anilines is 2. The molecule has 0 bridgehead atoms. The van der Waals surface area contributed by atoms with Gasteiger partial charge in [0.15, 0.2) is 0 Å². The molecule has 0 saturated carbocycles. The molecule has 6 heteroatoms. The highest BCUT2D eigenvalue weighted by atomic mass is 16.2. The van der Waals surface area contributed by atoms with E-state index in [0.29, 0.717) is 24.3 Å². The van der Waals surface area contributed by atoms with Crippen LogP contribution in [0.2, 0.25) is 0 Å². The van der Waals surface area contributed by atoms with E-state index in [2.05, 4.69) is 20.9 Å². The lowest BCUT2D eigenvalue weighted by molar-refractivity contribution is 0.0954. The fourth-order valence-corrected chi connectivity index (χ4v) is 3.32. The summed E-state index contributed by atoms with van der Waals surface area (Å²) in [5.41, 5.74) is 3.18. The minimum atomic E-state index is -0.294. The second kappa shape index (κ2) is 9.78. The van der Waals surface area contributed by atoms with Crippen molar-refractivity contribution >= 4 is 23.3 Å². The average molecular weight is 380 g/mol. The number of nitrogens with one attached hydrogen (secondary N) is 3. The number of nitrogens with zero attached hydrogens (tertiary/aromatic N) is 1. The van der Waals surface area contributed by atoms with E-state index in [0.717, 1.165) is 43.6 Å². The van der Waals surface area contributed by atoms with Crippen LogP contribution in [0, 0.1) is 0 Å². The van der Waals surface area contributed by atoms with Gasteiger partial charge in [-0.15, -0.1) is 0 Å². The number of amides is 3. The molecule has 3 N–H and O–H groups in total. The second-order valence-corrected chi connectivity index (χ2v) is 6.98. The molecule has 1 saturated heterocycles. The molecule has 0 unspecified atom stereocenters. The van der Waals surface area contributed by atoms with Gasteiger partial charge < -0.3 is 20.9 Å². The Labute approximate surface area is 166 Å². The van der Waals surface area contributed by atoms with Crippen molar-refractivity contribution in [1.29, 1.82) is 0 Å². The van der Waals surface area contributed by atoms with Gasteiger partial charge >= 0.3 is 6.03 Å². The van der Waals surface area contributed by atoms with E-state index in [1.165, 1.54) is 0 Å². The second-order valence-electron chi connectivity index (χ2n) is 6.98. The Kier molecular flexibility index (Phi) is 6.89. The van der Waals surface area contributed by atoms with Gasteiger partial charge in [0.05, 0.1) is 5.56 Å². The van der Waals surface area contributed by atoms with Crippen LogP contribution in [0.25, 0.3) is 0 Å². The van der Waals surface area contributed by atoms with E-state index in [1.807, 2.05) is 49.4 Å². The summed E-state index contributed by atoms with van der Waals surface area (Å²) in [4.78, 5) is 27.1. The number of urea groups is 1. The molecule has 2 aromatic rings. The van der Waals surface area contributed by atoms with Crippen molar-refractivity contribution in [3.63, 3.8) is 0 Å². The van der Waals surface area contributed by atoms with Gasteiger partial charge in [0, 0.05) is 37.6 Å². The molecule has 0 spiro atoms. The summed E-state index contributed by atoms with van der Waals surface area (Å²) in [6.07, 6.45) is 3.15. The molecule has 2 aromatic carbocycles. The maximum atomic E-state index is 12.7. The molecule has 1 aliphatic rings. The minimum absolute atomic E-state index is 0.0999. The molecule has 6 nitrogen and oxygen atoms in total. The first-order chi connectivity index (χ1) is 13.7. The van der Waals surface area contributed by atoms with Gasteiger partial charge in [0.2, 0.25) is 0 Å². The molecule has 0 atom stereocenters. The van der Waals surface area contributed by atoms with Gasteiger partial charge in [-0.2, -0.15) is 0 Å². The Morgan fingerprint density at radius 2 is 1.75 bits per heavy atom. The smallest absolute Gasteiger partial charge is 0.319 e. The van der Waals surface area contributed by atoms with Crippen LogP contribution < -0.4 is 20.9 Å². The zero-order chi connectivity index (χ0) is 19.8. The molecule has 0 radical (unpaired) electrons. The number of carbonyl (C=O) groups is 2. The Morgan fingerprint density at radius 1 is 1.00 bits per heavy atom. The fraction of sp³-hybridized carbons (Fsp3) is 0.364. The van der Waals surface area contributed by atoms with Crippen molar-refractivity contribution in [3.8, 4) is 0 Å². The third kappa shape index (κ3) is 5.25. The lowest BCUT2D eigenvalue weighted by Gasteiger charge is -2.22. The van der Waals surface area contributed by atoms with Gasteiger partial charge in [-0.25, -0.2) is 4.79 Å². The zero-order valence-corrected chi connectivity index (χ0v) is 16.3. The predicted octanol–water partition coefficient (Wildman–Crippen LogP) is 3.75. The first kappa shape index (κ1) is 19.7. The summed E-state index contributed by atoms with van der Waals surface area (Å²) >= 11 is 0. The van der Waals surface area contributed by atoms with Crippen LogP contribution in [-0.2, 0) is 6.54 Å². The molecular weight excluding hydrogens is 352 g/mol. The minimum Gasteiger partial charge on any atom is -0.371 e. The van der Waals surface area contributed by atoms with Crippen LogP contribution in [0.3, 0.4) is 0 Å². The molecule has 1 heterocycles. The number of carbonyl (C=O) groups excluding carboxylic acids is 2. The van der Waals surface area contributed by atoms with Gasteiger partial charge in [-0.3, -0.25) is 4.79 Å². The van der Waals surface area contributed by atoms with Gasteiger partial charge in [-0.05, 0) is 43.0 Å².